The zero-order chi connectivity index (χ0) is 21.8. The number of carbonyl (C=O) groups excluding carboxylic acids is 2. The molecule has 0 aliphatic rings. The Morgan fingerprint density at radius 3 is 1.46 bits per heavy atom. The highest BCUT2D eigenvalue weighted by Crippen LogP contribution is 2.23. The van der Waals surface area contributed by atoms with Crippen LogP contribution in [0.15, 0.2) is 29.8 Å². The van der Waals surface area contributed by atoms with Crippen molar-refractivity contribution in [2.45, 2.75) is 67.7 Å². The van der Waals surface area contributed by atoms with Crippen molar-refractivity contribution >= 4 is 18.0 Å². The third kappa shape index (κ3) is 7.87. The van der Waals surface area contributed by atoms with Crippen molar-refractivity contribution in [3.8, 4) is 0 Å². The van der Waals surface area contributed by atoms with Gasteiger partial charge in [0.2, 0.25) is 0 Å². The Balaban J connectivity index is 2.99. The summed E-state index contributed by atoms with van der Waals surface area (Å²) in [4.78, 5) is 24.2. The Bertz CT molecular complexity index is 673. The van der Waals surface area contributed by atoms with Crippen LogP contribution in [0.4, 0.5) is 0 Å². The summed E-state index contributed by atoms with van der Waals surface area (Å²) in [5.74, 6) is -0.577. The summed E-state index contributed by atoms with van der Waals surface area (Å²) in [5.41, 5.74) is 1.86. The molecule has 0 unspecified atom stereocenters. The SMILES string of the molecule is CC(C)(C)C(=O)OCC(=Cc1ccc(C(C)(C)C)cc1)COC(=O)C(C)(C)C. The first-order chi connectivity index (χ1) is 12.6. The van der Waals surface area contributed by atoms with E-state index in [-0.39, 0.29) is 30.6 Å². The van der Waals surface area contributed by atoms with Crippen molar-refractivity contribution in [1.29, 1.82) is 0 Å². The second-order valence-corrected chi connectivity index (χ2v) is 10.3. The van der Waals surface area contributed by atoms with Crippen LogP contribution in [-0.2, 0) is 24.5 Å². The normalized spacial score (nSPS) is 12.3. The molecule has 0 fully saturated rings. The highest BCUT2D eigenvalue weighted by atomic mass is 16.5. The molecule has 0 aliphatic carbocycles. The van der Waals surface area contributed by atoms with Crippen LogP contribution in [0, 0.1) is 10.8 Å². The lowest BCUT2D eigenvalue weighted by Crippen LogP contribution is -2.26. The van der Waals surface area contributed by atoms with E-state index in [0.29, 0.717) is 0 Å². The van der Waals surface area contributed by atoms with Gasteiger partial charge in [0.05, 0.1) is 10.8 Å². The smallest absolute Gasteiger partial charge is 0.311 e. The molecule has 0 aliphatic heterocycles. The minimum Gasteiger partial charge on any atom is -0.461 e. The fraction of sp³-hybridized carbons (Fsp3) is 0.583. The van der Waals surface area contributed by atoms with Gasteiger partial charge in [0, 0.05) is 5.57 Å². The molecule has 4 heteroatoms. The molecule has 0 spiro atoms. The van der Waals surface area contributed by atoms with Gasteiger partial charge in [-0.1, -0.05) is 45.0 Å². The first-order valence-electron chi connectivity index (χ1n) is 9.75. The second kappa shape index (κ2) is 8.93. The molecule has 1 rings (SSSR count). The van der Waals surface area contributed by atoms with E-state index in [0.717, 1.165) is 11.1 Å². The summed E-state index contributed by atoms with van der Waals surface area (Å²) in [6, 6.07) is 8.23. The molecule has 0 aromatic heterocycles. The van der Waals surface area contributed by atoms with Crippen LogP contribution in [0.5, 0.6) is 0 Å². The number of carbonyl (C=O) groups is 2. The van der Waals surface area contributed by atoms with Gasteiger partial charge in [0.25, 0.3) is 0 Å². The summed E-state index contributed by atoms with van der Waals surface area (Å²) in [6.07, 6.45) is 1.92. The molecule has 28 heavy (non-hydrogen) atoms. The lowest BCUT2D eigenvalue weighted by atomic mass is 9.86. The molecular formula is C24H36O4. The highest BCUT2D eigenvalue weighted by molar-refractivity contribution is 5.76. The molecular weight excluding hydrogens is 352 g/mol. The number of hydrogen-bond acceptors (Lipinski definition) is 4. The standard InChI is InChI=1S/C24H36O4/c1-22(2,3)19-12-10-17(11-13-19)14-18(15-27-20(25)23(4,5)6)16-28-21(26)24(7,8)9/h10-14H,15-16H2,1-9H3. The van der Waals surface area contributed by atoms with E-state index in [4.69, 9.17) is 9.47 Å². The van der Waals surface area contributed by atoms with Crippen LogP contribution in [0.2, 0.25) is 0 Å². The van der Waals surface area contributed by atoms with Crippen LogP contribution >= 0.6 is 0 Å². The summed E-state index contributed by atoms with van der Waals surface area (Å²) in [6.45, 7) is 17.5. The molecule has 4 nitrogen and oxygen atoms in total. The Labute approximate surface area is 170 Å². The van der Waals surface area contributed by atoms with Crippen LogP contribution in [-0.4, -0.2) is 25.2 Å². The van der Waals surface area contributed by atoms with Crippen molar-refractivity contribution in [3.05, 3.63) is 41.0 Å². The van der Waals surface area contributed by atoms with Gasteiger partial charge < -0.3 is 9.47 Å². The summed E-state index contributed by atoms with van der Waals surface area (Å²) >= 11 is 0. The van der Waals surface area contributed by atoms with Gasteiger partial charge in [-0.15, -0.1) is 0 Å². The van der Waals surface area contributed by atoms with E-state index < -0.39 is 10.8 Å². The van der Waals surface area contributed by atoms with E-state index in [1.807, 2.05) is 59.8 Å². The minimum atomic E-state index is -0.582. The number of benzene rings is 1. The number of esters is 2. The van der Waals surface area contributed by atoms with Crippen LogP contribution in [0.3, 0.4) is 0 Å². The quantitative estimate of drug-likeness (QED) is 0.621. The molecule has 0 heterocycles. The van der Waals surface area contributed by atoms with E-state index in [9.17, 15) is 9.59 Å². The molecule has 1 aromatic rings. The monoisotopic (exact) mass is 388 g/mol. The summed E-state index contributed by atoms with van der Waals surface area (Å²) < 4.78 is 10.9. The fourth-order valence-corrected chi connectivity index (χ4v) is 2.19. The van der Waals surface area contributed by atoms with Gasteiger partial charge in [0.15, 0.2) is 0 Å². The van der Waals surface area contributed by atoms with Gasteiger partial charge >= 0.3 is 11.9 Å². The first-order valence-corrected chi connectivity index (χ1v) is 9.75. The fourth-order valence-electron chi connectivity index (χ4n) is 2.19. The maximum Gasteiger partial charge on any atom is 0.311 e. The van der Waals surface area contributed by atoms with Crippen LogP contribution in [0.25, 0.3) is 6.08 Å². The van der Waals surface area contributed by atoms with E-state index >= 15 is 0 Å². The van der Waals surface area contributed by atoms with Crippen molar-refractivity contribution in [1.82, 2.24) is 0 Å². The predicted octanol–water partition coefficient (Wildman–Crippen LogP) is 5.55. The maximum atomic E-state index is 12.1. The molecule has 0 atom stereocenters. The minimum absolute atomic E-state index is 0.0789. The van der Waals surface area contributed by atoms with E-state index in [1.165, 1.54) is 5.56 Å². The molecule has 0 bridgehead atoms. The molecule has 0 amide bonds. The Hall–Kier alpha value is -2.10. The predicted molar refractivity (Wildman–Crippen MR) is 114 cm³/mol. The van der Waals surface area contributed by atoms with E-state index in [1.54, 1.807) is 0 Å². The van der Waals surface area contributed by atoms with Crippen molar-refractivity contribution in [2.24, 2.45) is 10.8 Å². The molecule has 1 aromatic carbocycles. The van der Waals surface area contributed by atoms with Crippen molar-refractivity contribution in [3.63, 3.8) is 0 Å². The number of hydrogen-bond donors (Lipinski definition) is 0. The largest absolute Gasteiger partial charge is 0.461 e. The van der Waals surface area contributed by atoms with Gasteiger partial charge in [0.1, 0.15) is 13.2 Å². The lowest BCUT2D eigenvalue weighted by molar-refractivity contribution is -0.153. The average Bonchev–Trinajstić information content (AvgIpc) is 2.54. The van der Waals surface area contributed by atoms with Crippen LogP contribution in [0.1, 0.15) is 73.4 Å². The lowest BCUT2D eigenvalue weighted by Gasteiger charge is -2.20. The molecule has 156 valence electrons. The second-order valence-electron chi connectivity index (χ2n) is 10.3. The number of rotatable bonds is 5. The summed E-state index contributed by atoms with van der Waals surface area (Å²) in [7, 11) is 0. The maximum absolute atomic E-state index is 12.1. The molecule has 0 N–H and O–H groups in total. The Kier molecular flexibility index (Phi) is 7.64. The Morgan fingerprint density at radius 2 is 1.14 bits per heavy atom. The van der Waals surface area contributed by atoms with Gasteiger partial charge in [-0.25, -0.2) is 0 Å². The Morgan fingerprint density at radius 1 is 0.750 bits per heavy atom. The van der Waals surface area contributed by atoms with Gasteiger partial charge in [-0.3, -0.25) is 9.59 Å². The molecule has 0 saturated heterocycles. The summed E-state index contributed by atoms with van der Waals surface area (Å²) in [5, 5.41) is 0. The van der Waals surface area contributed by atoms with Gasteiger partial charge in [-0.05, 0) is 64.2 Å². The molecule has 0 saturated carbocycles. The average molecular weight is 389 g/mol. The zero-order valence-corrected chi connectivity index (χ0v) is 18.9. The molecule has 0 radical (unpaired) electrons. The third-order valence-corrected chi connectivity index (χ3v) is 4.15. The van der Waals surface area contributed by atoms with Crippen molar-refractivity contribution < 1.29 is 19.1 Å². The first kappa shape index (κ1) is 23.9. The van der Waals surface area contributed by atoms with Gasteiger partial charge in [-0.2, -0.15) is 0 Å². The third-order valence-electron chi connectivity index (χ3n) is 4.15. The van der Waals surface area contributed by atoms with Crippen LogP contribution < -0.4 is 0 Å². The topological polar surface area (TPSA) is 52.6 Å². The highest BCUT2D eigenvalue weighted by Gasteiger charge is 2.25. The van der Waals surface area contributed by atoms with E-state index in [2.05, 4.69) is 32.9 Å². The van der Waals surface area contributed by atoms with Crippen molar-refractivity contribution in [2.75, 3.05) is 13.2 Å². The number of ether oxygens (including phenoxy) is 2. The zero-order valence-electron chi connectivity index (χ0n) is 18.9.